The first kappa shape index (κ1) is 25.8. The van der Waals surface area contributed by atoms with Crippen LogP contribution in [0.1, 0.15) is 56.9 Å². The van der Waals surface area contributed by atoms with Crippen LogP contribution in [0, 0.1) is 5.82 Å². The largest absolute Gasteiger partial charge is 0.444 e. The Balaban J connectivity index is 0.00000156. The lowest BCUT2D eigenvalue weighted by molar-refractivity contribution is 0.00557. The highest BCUT2D eigenvalue weighted by Crippen LogP contribution is 2.30. The summed E-state index contributed by atoms with van der Waals surface area (Å²) in [6.45, 7) is 10.2. The van der Waals surface area contributed by atoms with E-state index in [4.69, 9.17) is 9.26 Å². The van der Waals surface area contributed by atoms with Gasteiger partial charge in [0.1, 0.15) is 22.8 Å². The molecule has 0 atom stereocenters. The quantitative estimate of drug-likeness (QED) is 0.406. The Kier molecular flexibility index (Phi) is 7.23. The molecule has 1 fully saturated rings. The summed E-state index contributed by atoms with van der Waals surface area (Å²) in [7, 11) is 0. The van der Waals surface area contributed by atoms with Gasteiger partial charge in [-0.2, -0.15) is 4.98 Å². The summed E-state index contributed by atoms with van der Waals surface area (Å²) in [6.07, 6.45) is 2.74. The second-order valence-corrected chi connectivity index (χ2v) is 9.26. The van der Waals surface area contributed by atoms with E-state index in [1.165, 1.54) is 24.4 Å². The van der Waals surface area contributed by atoms with Crippen LogP contribution < -0.4 is 5.32 Å². The van der Waals surface area contributed by atoms with Crippen LogP contribution in [0.3, 0.4) is 0 Å². The Morgan fingerprint density at radius 3 is 2.65 bits per heavy atom. The molecule has 5 rings (SSSR count). The van der Waals surface area contributed by atoms with Gasteiger partial charge in [0.25, 0.3) is 5.91 Å². The molecule has 1 N–H and O–H groups in total. The number of pyridine rings is 1. The van der Waals surface area contributed by atoms with Gasteiger partial charge in [-0.25, -0.2) is 14.2 Å². The Morgan fingerprint density at radius 2 is 1.92 bits per heavy atom. The number of nitrogens with one attached hydrogen (secondary N) is 1. The van der Waals surface area contributed by atoms with E-state index in [9.17, 15) is 14.0 Å². The van der Waals surface area contributed by atoms with Gasteiger partial charge in [-0.1, -0.05) is 25.1 Å². The van der Waals surface area contributed by atoms with Gasteiger partial charge in [0.15, 0.2) is 0 Å². The first-order chi connectivity index (χ1) is 17.7. The highest BCUT2D eigenvalue weighted by atomic mass is 19.1. The van der Waals surface area contributed by atoms with Gasteiger partial charge in [-0.15, -0.1) is 0 Å². The number of carbonyl (C=O) groups excluding carboxylic acids is 2. The van der Waals surface area contributed by atoms with E-state index in [1.807, 2.05) is 40.7 Å². The van der Waals surface area contributed by atoms with Crippen molar-refractivity contribution in [2.24, 2.45) is 0 Å². The molecule has 0 spiro atoms. The molecule has 194 valence electrons. The molecule has 1 aromatic carbocycles. The van der Waals surface area contributed by atoms with Crippen molar-refractivity contribution >= 4 is 23.3 Å². The summed E-state index contributed by atoms with van der Waals surface area (Å²) in [5, 5.41) is 6.57. The van der Waals surface area contributed by atoms with Gasteiger partial charge in [0, 0.05) is 24.8 Å². The summed E-state index contributed by atoms with van der Waals surface area (Å²) < 4.78 is 26.8. The smallest absolute Gasteiger partial charge is 0.410 e. The first-order valence-electron chi connectivity index (χ1n) is 12.0. The van der Waals surface area contributed by atoms with Gasteiger partial charge in [0.2, 0.25) is 11.7 Å². The minimum absolute atomic E-state index is 0.0236. The number of hydrogen-bond acceptors (Lipinski definition) is 7. The molecule has 3 aromatic heterocycles. The molecule has 4 heterocycles. The fraction of sp³-hybridized carbons (Fsp3) is 0.346. The Morgan fingerprint density at radius 1 is 1.16 bits per heavy atom. The van der Waals surface area contributed by atoms with Crippen LogP contribution in [0.25, 0.3) is 17.0 Å². The van der Waals surface area contributed by atoms with Crippen LogP contribution in [0.4, 0.5) is 14.9 Å². The second kappa shape index (κ2) is 10.4. The van der Waals surface area contributed by atoms with Crippen LogP contribution in [-0.2, 0) is 4.74 Å². The predicted octanol–water partition coefficient (Wildman–Crippen LogP) is 5.14. The van der Waals surface area contributed by atoms with E-state index >= 15 is 0 Å². The van der Waals surface area contributed by atoms with E-state index in [2.05, 4.69) is 20.4 Å². The van der Waals surface area contributed by atoms with Crippen LogP contribution in [-0.4, -0.2) is 55.1 Å². The Labute approximate surface area is 213 Å². The van der Waals surface area contributed by atoms with Crippen molar-refractivity contribution in [3.05, 3.63) is 66.2 Å². The van der Waals surface area contributed by atoms with Gasteiger partial charge in [-0.05, 0) is 51.1 Å². The molecular weight excluding hydrogens is 479 g/mol. The molecule has 37 heavy (non-hydrogen) atoms. The number of halogens is 1. The number of nitrogens with zero attached hydrogens (tertiary/aromatic N) is 5. The zero-order valence-electron chi connectivity index (χ0n) is 21.4. The SMILES string of the molecule is CC.CC(C)(C)OC(=O)N1CC(c2nc(-c3ccc(F)c(NC(=O)c4cnc5ccccn45)c3)no2)C1. The fourth-order valence-corrected chi connectivity index (χ4v) is 3.68. The Bertz CT molecular complexity index is 1420. The zero-order valence-corrected chi connectivity index (χ0v) is 21.4. The van der Waals surface area contributed by atoms with Crippen molar-refractivity contribution in [3.63, 3.8) is 0 Å². The molecule has 0 radical (unpaired) electrons. The van der Waals surface area contributed by atoms with E-state index in [-0.39, 0.29) is 23.1 Å². The Hall–Kier alpha value is -4.28. The number of amides is 2. The summed E-state index contributed by atoms with van der Waals surface area (Å²) in [4.78, 5) is 35.0. The highest BCUT2D eigenvalue weighted by molar-refractivity contribution is 6.03. The van der Waals surface area contributed by atoms with Crippen molar-refractivity contribution in [1.82, 2.24) is 24.4 Å². The molecule has 1 aliphatic heterocycles. The average Bonchev–Trinajstić information content (AvgIpc) is 3.47. The maximum absolute atomic E-state index is 14.5. The molecule has 0 bridgehead atoms. The fourth-order valence-electron chi connectivity index (χ4n) is 3.68. The van der Waals surface area contributed by atoms with Crippen LogP contribution in [0.15, 0.2) is 53.3 Å². The lowest BCUT2D eigenvalue weighted by Gasteiger charge is -2.37. The van der Waals surface area contributed by atoms with E-state index < -0.39 is 23.4 Å². The predicted molar refractivity (Wildman–Crippen MR) is 135 cm³/mol. The summed E-state index contributed by atoms with van der Waals surface area (Å²) in [6, 6.07) is 9.52. The molecular formula is C26H29FN6O4. The molecule has 0 unspecified atom stereocenters. The van der Waals surface area contributed by atoms with Crippen LogP contribution in [0.2, 0.25) is 0 Å². The normalized spacial score (nSPS) is 13.5. The van der Waals surface area contributed by atoms with Crippen molar-refractivity contribution in [1.29, 1.82) is 0 Å². The lowest BCUT2D eigenvalue weighted by atomic mass is 10.0. The van der Waals surface area contributed by atoms with Crippen molar-refractivity contribution in [2.45, 2.75) is 46.1 Å². The topological polar surface area (TPSA) is 115 Å². The second-order valence-electron chi connectivity index (χ2n) is 9.26. The number of ether oxygens (including phenoxy) is 1. The standard InChI is InChI=1S/C24H23FN6O4.C2H6/c1-24(2,3)34-23(33)30-12-15(13-30)22-28-20(29-35-22)14-7-8-16(25)17(10-14)27-21(32)18-11-26-19-6-4-5-9-31(18)19;1-2/h4-11,15H,12-13H2,1-3H3,(H,27,32);1-2H3. The molecule has 10 nitrogen and oxygen atoms in total. The average molecular weight is 509 g/mol. The van der Waals surface area contributed by atoms with Crippen molar-refractivity contribution < 1.29 is 23.2 Å². The monoisotopic (exact) mass is 508 g/mol. The molecule has 4 aromatic rings. The zero-order chi connectivity index (χ0) is 26.7. The lowest BCUT2D eigenvalue weighted by Crippen LogP contribution is -2.50. The number of carbonyl (C=O) groups is 2. The summed E-state index contributed by atoms with van der Waals surface area (Å²) >= 11 is 0. The van der Waals surface area contributed by atoms with Gasteiger partial charge in [0.05, 0.1) is 17.8 Å². The number of anilines is 1. The molecule has 1 aliphatic rings. The van der Waals surface area contributed by atoms with E-state index in [0.717, 1.165) is 0 Å². The number of hydrogen-bond donors (Lipinski definition) is 1. The van der Waals surface area contributed by atoms with Crippen molar-refractivity contribution in [2.75, 3.05) is 18.4 Å². The van der Waals surface area contributed by atoms with Crippen LogP contribution >= 0.6 is 0 Å². The molecule has 2 amide bonds. The van der Waals surface area contributed by atoms with E-state index in [0.29, 0.717) is 30.2 Å². The number of likely N-dealkylation sites (tertiary alicyclic amines) is 1. The highest BCUT2D eigenvalue weighted by Gasteiger charge is 2.37. The minimum Gasteiger partial charge on any atom is -0.444 e. The summed E-state index contributed by atoms with van der Waals surface area (Å²) in [5.41, 5.74) is 0.752. The number of aromatic nitrogens is 4. The molecule has 0 saturated carbocycles. The van der Waals surface area contributed by atoms with Crippen LogP contribution in [0.5, 0.6) is 0 Å². The third-order valence-corrected chi connectivity index (χ3v) is 5.45. The van der Waals surface area contributed by atoms with Gasteiger partial charge >= 0.3 is 6.09 Å². The van der Waals surface area contributed by atoms with E-state index in [1.54, 1.807) is 27.6 Å². The summed E-state index contributed by atoms with van der Waals surface area (Å²) in [5.74, 6) is -0.600. The maximum Gasteiger partial charge on any atom is 0.410 e. The molecule has 1 saturated heterocycles. The number of benzene rings is 1. The van der Waals surface area contributed by atoms with Crippen molar-refractivity contribution in [3.8, 4) is 11.4 Å². The maximum atomic E-state index is 14.5. The van der Waals surface area contributed by atoms with Gasteiger partial charge < -0.3 is 19.5 Å². The number of fused-ring (bicyclic) bond motifs is 1. The van der Waals surface area contributed by atoms with Gasteiger partial charge in [-0.3, -0.25) is 9.20 Å². The molecule has 0 aliphatic carbocycles. The third kappa shape index (κ3) is 5.60. The number of rotatable bonds is 4. The minimum atomic E-state index is -0.605. The first-order valence-corrected chi connectivity index (χ1v) is 12.0. The number of imidazole rings is 1. The molecule has 11 heteroatoms. The third-order valence-electron chi connectivity index (χ3n) is 5.45.